The minimum absolute atomic E-state index is 0.273. The molecule has 0 radical (unpaired) electrons. The molecule has 2 nitrogen and oxygen atoms in total. The third kappa shape index (κ3) is 3.25. The van der Waals surface area contributed by atoms with Gasteiger partial charge in [0, 0.05) is 10.7 Å². The fourth-order valence-electron chi connectivity index (χ4n) is 1.54. The van der Waals surface area contributed by atoms with Gasteiger partial charge in [-0.05, 0) is 29.8 Å². The third-order valence-electron chi connectivity index (χ3n) is 2.41. The first-order valence-electron chi connectivity index (χ1n) is 5.42. The Morgan fingerprint density at radius 1 is 1.06 bits per heavy atom. The molecule has 0 spiro atoms. The molecule has 1 unspecified atom stereocenters. The number of hydrogen-bond donors (Lipinski definition) is 1. The smallest absolute Gasteiger partial charge is 0.246 e. The lowest BCUT2D eigenvalue weighted by molar-refractivity contribution is -0.116. The molecule has 0 aromatic heterocycles. The Kier molecular flexibility index (Phi) is 4.24. The monoisotopic (exact) mass is 279 g/mol. The lowest BCUT2D eigenvalue weighted by atomic mass is 10.1. The van der Waals surface area contributed by atoms with E-state index in [1.165, 1.54) is 0 Å². The standard InChI is InChI=1S/C14H11Cl2NO/c15-11-6-4-5-10(9-11)13(16)14(18)17-12-7-2-1-3-8-12/h1-9,13H,(H,17,18). The van der Waals surface area contributed by atoms with Crippen molar-refractivity contribution in [3.63, 3.8) is 0 Å². The van der Waals surface area contributed by atoms with Gasteiger partial charge in [0.05, 0.1) is 0 Å². The number of nitrogens with one attached hydrogen (secondary N) is 1. The molecule has 0 fully saturated rings. The summed E-state index contributed by atoms with van der Waals surface area (Å²) >= 11 is 12.0. The van der Waals surface area contributed by atoms with E-state index in [0.29, 0.717) is 10.6 Å². The number of carbonyl (C=O) groups is 1. The molecule has 0 saturated carbocycles. The molecule has 92 valence electrons. The van der Waals surface area contributed by atoms with Crippen LogP contribution < -0.4 is 5.32 Å². The van der Waals surface area contributed by atoms with Crippen molar-refractivity contribution in [2.75, 3.05) is 5.32 Å². The van der Waals surface area contributed by atoms with Gasteiger partial charge in [0.1, 0.15) is 5.38 Å². The van der Waals surface area contributed by atoms with Gasteiger partial charge in [-0.1, -0.05) is 41.9 Å². The molecule has 0 aliphatic carbocycles. The number of para-hydroxylation sites is 1. The van der Waals surface area contributed by atoms with Gasteiger partial charge in [-0.2, -0.15) is 0 Å². The molecule has 1 amide bonds. The fraction of sp³-hybridized carbons (Fsp3) is 0.0714. The maximum Gasteiger partial charge on any atom is 0.246 e. The van der Waals surface area contributed by atoms with Crippen LogP contribution in [0, 0.1) is 0 Å². The van der Waals surface area contributed by atoms with Crippen LogP contribution in [-0.2, 0) is 4.79 Å². The van der Waals surface area contributed by atoms with Crippen molar-refractivity contribution in [2.45, 2.75) is 5.38 Å². The summed E-state index contributed by atoms with van der Waals surface area (Å²) in [6, 6.07) is 16.1. The second kappa shape index (κ2) is 5.89. The third-order valence-corrected chi connectivity index (χ3v) is 3.10. The Morgan fingerprint density at radius 2 is 1.78 bits per heavy atom. The van der Waals surface area contributed by atoms with Crippen LogP contribution in [0.2, 0.25) is 5.02 Å². The summed E-state index contributed by atoms with van der Waals surface area (Å²) in [4.78, 5) is 11.9. The predicted molar refractivity (Wildman–Crippen MR) is 75.1 cm³/mol. The Bertz CT molecular complexity index is 543. The number of amides is 1. The minimum atomic E-state index is -0.760. The van der Waals surface area contributed by atoms with Crippen molar-refractivity contribution >= 4 is 34.8 Å². The Balaban J connectivity index is 2.10. The normalized spacial score (nSPS) is 11.9. The molecule has 2 aromatic rings. The number of carbonyl (C=O) groups excluding carboxylic acids is 1. The summed E-state index contributed by atoms with van der Waals surface area (Å²) in [7, 11) is 0. The van der Waals surface area contributed by atoms with Gasteiger partial charge in [0.15, 0.2) is 0 Å². The number of alkyl halides is 1. The molecule has 0 aliphatic heterocycles. The van der Waals surface area contributed by atoms with Gasteiger partial charge in [-0.15, -0.1) is 11.6 Å². The summed E-state index contributed by atoms with van der Waals surface area (Å²) in [6.07, 6.45) is 0. The Morgan fingerprint density at radius 3 is 2.44 bits per heavy atom. The maximum absolute atomic E-state index is 11.9. The first-order chi connectivity index (χ1) is 8.66. The van der Waals surface area contributed by atoms with Crippen molar-refractivity contribution < 1.29 is 4.79 Å². The molecular formula is C14H11Cl2NO. The summed E-state index contributed by atoms with van der Waals surface area (Å²) in [6.45, 7) is 0. The van der Waals surface area contributed by atoms with E-state index in [9.17, 15) is 4.79 Å². The van der Waals surface area contributed by atoms with Crippen molar-refractivity contribution in [1.82, 2.24) is 0 Å². The van der Waals surface area contributed by atoms with E-state index in [1.54, 1.807) is 36.4 Å². The maximum atomic E-state index is 11.9. The molecule has 1 N–H and O–H groups in total. The SMILES string of the molecule is O=C(Nc1ccccc1)C(Cl)c1cccc(Cl)c1. The molecule has 4 heteroatoms. The van der Waals surface area contributed by atoms with Gasteiger partial charge in [0.2, 0.25) is 5.91 Å². The highest BCUT2D eigenvalue weighted by molar-refractivity contribution is 6.33. The second-order valence-electron chi connectivity index (χ2n) is 3.77. The lowest BCUT2D eigenvalue weighted by Gasteiger charge is -2.11. The lowest BCUT2D eigenvalue weighted by Crippen LogP contribution is -2.17. The minimum Gasteiger partial charge on any atom is -0.325 e. The summed E-state index contributed by atoms with van der Waals surface area (Å²) in [5.41, 5.74) is 1.40. The molecule has 2 aromatic carbocycles. The van der Waals surface area contributed by atoms with Crippen LogP contribution in [0.1, 0.15) is 10.9 Å². The van der Waals surface area contributed by atoms with Gasteiger partial charge in [-0.3, -0.25) is 4.79 Å². The summed E-state index contributed by atoms with van der Waals surface area (Å²) in [5.74, 6) is -0.273. The van der Waals surface area contributed by atoms with Crippen LogP contribution >= 0.6 is 23.2 Å². The zero-order valence-electron chi connectivity index (χ0n) is 9.44. The van der Waals surface area contributed by atoms with E-state index >= 15 is 0 Å². The van der Waals surface area contributed by atoms with Crippen LogP contribution in [0.25, 0.3) is 0 Å². The molecular weight excluding hydrogens is 269 g/mol. The molecule has 1 atom stereocenters. The first-order valence-corrected chi connectivity index (χ1v) is 6.24. The zero-order valence-corrected chi connectivity index (χ0v) is 10.9. The van der Waals surface area contributed by atoms with E-state index in [4.69, 9.17) is 23.2 Å². The topological polar surface area (TPSA) is 29.1 Å². The molecule has 18 heavy (non-hydrogen) atoms. The number of anilines is 1. The van der Waals surface area contributed by atoms with E-state index in [-0.39, 0.29) is 5.91 Å². The highest BCUT2D eigenvalue weighted by Crippen LogP contribution is 2.24. The number of rotatable bonds is 3. The number of halogens is 2. The van der Waals surface area contributed by atoms with E-state index < -0.39 is 5.38 Å². The molecule has 2 rings (SSSR count). The fourth-order valence-corrected chi connectivity index (χ4v) is 1.93. The van der Waals surface area contributed by atoms with Gasteiger partial charge in [0.25, 0.3) is 0 Å². The number of benzene rings is 2. The Hall–Kier alpha value is -1.51. The van der Waals surface area contributed by atoms with Crippen molar-refractivity contribution in [1.29, 1.82) is 0 Å². The highest BCUT2D eigenvalue weighted by Gasteiger charge is 2.17. The quantitative estimate of drug-likeness (QED) is 0.836. The second-order valence-corrected chi connectivity index (χ2v) is 4.65. The summed E-state index contributed by atoms with van der Waals surface area (Å²) < 4.78 is 0. The molecule has 0 saturated heterocycles. The van der Waals surface area contributed by atoms with Crippen LogP contribution in [0.3, 0.4) is 0 Å². The van der Waals surface area contributed by atoms with Crippen molar-refractivity contribution in [3.8, 4) is 0 Å². The van der Waals surface area contributed by atoms with Crippen molar-refractivity contribution in [3.05, 3.63) is 65.2 Å². The van der Waals surface area contributed by atoms with E-state index in [0.717, 1.165) is 5.69 Å². The van der Waals surface area contributed by atoms with Gasteiger partial charge in [-0.25, -0.2) is 0 Å². The average molecular weight is 280 g/mol. The zero-order chi connectivity index (χ0) is 13.0. The van der Waals surface area contributed by atoms with Crippen LogP contribution in [0.4, 0.5) is 5.69 Å². The molecule has 0 heterocycles. The van der Waals surface area contributed by atoms with Crippen LogP contribution in [0.5, 0.6) is 0 Å². The summed E-state index contributed by atoms with van der Waals surface area (Å²) in [5, 5.41) is 2.55. The van der Waals surface area contributed by atoms with Crippen LogP contribution in [-0.4, -0.2) is 5.91 Å². The number of hydrogen-bond acceptors (Lipinski definition) is 1. The highest BCUT2D eigenvalue weighted by atomic mass is 35.5. The van der Waals surface area contributed by atoms with E-state index in [2.05, 4.69) is 5.32 Å². The molecule has 0 bridgehead atoms. The van der Waals surface area contributed by atoms with E-state index in [1.807, 2.05) is 18.2 Å². The average Bonchev–Trinajstić information content (AvgIpc) is 2.39. The molecule has 0 aliphatic rings. The first kappa shape index (κ1) is 12.9. The largest absolute Gasteiger partial charge is 0.325 e. The predicted octanol–water partition coefficient (Wildman–Crippen LogP) is 4.26. The van der Waals surface area contributed by atoms with Gasteiger partial charge >= 0.3 is 0 Å². The Labute approximate surface area is 116 Å². The van der Waals surface area contributed by atoms with Crippen LogP contribution in [0.15, 0.2) is 54.6 Å². The van der Waals surface area contributed by atoms with Crippen molar-refractivity contribution in [2.24, 2.45) is 0 Å². The van der Waals surface area contributed by atoms with Gasteiger partial charge < -0.3 is 5.32 Å².